The topological polar surface area (TPSA) is 136 Å². The molecule has 0 bridgehead atoms. The van der Waals surface area contributed by atoms with Crippen molar-refractivity contribution in [2.45, 2.75) is 63.5 Å². The molecule has 1 aromatic carbocycles. The van der Waals surface area contributed by atoms with Crippen LogP contribution in [0.4, 0.5) is 20.4 Å². The first kappa shape index (κ1) is 29.1. The van der Waals surface area contributed by atoms with Gasteiger partial charge in [0, 0.05) is 30.8 Å². The highest BCUT2D eigenvalue weighted by Crippen LogP contribution is 2.41. The van der Waals surface area contributed by atoms with Crippen molar-refractivity contribution in [3.63, 3.8) is 0 Å². The van der Waals surface area contributed by atoms with Crippen LogP contribution in [-0.2, 0) is 16.0 Å². The number of benzene rings is 1. The van der Waals surface area contributed by atoms with Gasteiger partial charge in [0.1, 0.15) is 23.9 Å². The molecule has 1 atom stereocenters. The summed E-state index contributed by atoms with van der Waals surface area (Å²) in [7, 11) is 0. The smallest absolute Gasteiger partial charge is 0.272 e. The Bertz CT molecular complexity index is 1490. The average molecular weight is 618 g/mol. The maximum absolute atomic E-state index is 13.0. The summed E-state index contributed by atoms with van der Waals surface area (Å²) in [5, 5.41) is 19.1. The van der Waals surface area contributed by atoms with E-state index in [-0.39, 0.29) is 24.0 Å². The maximum Gasteiger partial charge on any atom is 0.272 e. The Labute approximate surface area is 250 Å². The summed E-state index contributed by atoms with van der Waals surface area (Å²) in [5.74, 6) is 0.285. The molecule has 16 heteroatoms. The Morgan fingerprint density at radius 3 is 2.60 bits per heavy atom. The quantitative estimate of drug-likeness (QED) is 0.251. The van der Waals surface area contributed by atoms with Crippen molar-refractivity contribution in [3.8, 4) is 22.8 Å². The minimum absolute atomic E-state index is 0.0445. The number of nitrogens with zero attached hydrogens (tertiary/aromatic N) is 8. The van der Waals surface area contributed by atoms with Crippen molar-refractivity contribution in [3.05, 3.63) is 48.1 Å². The van der Waals surface area contributed by atoms with Gasteiger partial charge < -0.3 is 24.3 Å². The van der Waals surface area contributed by atoms with Gasteiger partial charge in [-0.1, -0.05) is 17.7 Å². The third kappa shape index (κ3) is 7.00. The molecule has 228 valence electrons. The van der Waals surface area contributed by atoms with Crippen LogP contribution in [-0.4, -0.2) is 78.1 Å². The zero-order chi connectivity index (χ0) is 29.8. The Kier molecular flexibility index (Phi) is 8.63. The average Bonchev–Trinajstić information content (AvgIpc) is 3.77. The van der Waals surface area contributed by atoms with Crippen LogP contribution >= 0.6 is 11.6 Å². The van der Waals surface area contributed by atoms with E-state index >= 15 is 0 Å². The Balaban J connectivity index is 1.14. The molecular formula is C27H30ClF2N9O4. The number of rotatable bonds is 11. The SMILES string of the molecule is C[C@@H](Cn1cnnn1)Oc1cc(-c2cnc(Nc3cn(C4CCC5(CC4)OCCO5)nc3OCC(F)F)nc2)ccc1Cl. The minimum Gasteiger partial charge on any atom is -0.487 e. The molecule has 13 nitrogen and oxygen atoms in total. The highest BCUT2D eigenvalue weighted by molar-refractivity contribution is 6.32. The summed E-state index contributed by atoms with van der Waals surface area (Å²) in [5.41, 5.74) is 1.90. The van der Waals surface area contributed by atoms with Crippen molar-refractivity contribution in [2.24, 2.45) is 0 Å². The minimum atomic E-state index is -2.64. The van der Waals surface area contributed by atoms with Gasteiger partial charge in [0.25, 0.3) is 12.3 Å². The van der Waals surface area contributed by atoms with E-state index < -0.39 is 18.8 Å². The molecule has 1 aliphatic carbocycles. The number of anilines is 2. The Morgan fingerprint density at radius 2 is 1.91 bits per heavy atom. The van der Waals surface area contributed by atoms with Crippen LogP contribution in [0.2, 0.25) is 5.02 Å². The van der Waals surface area contributed by atoms with E-state index in [1.54, 1.807) is 40.1 Å². The Hall–Kier alpha value is -3.95. The molecule has 43 heavy (non-hydrogen) atoms. The van der Waals surface area contributed by atoms with Crippen LogP contribution in [0.3, 0.4) is 0 Å². The predicted molar refractivity (Wildman–Crippen MR) is 150 cm³/mol. The van der Waals surface area contributed by atoms with E-state index in [1.165, 1.54) is 6.33 Å². The van der Waals surface area contributed by atoms with Gasteiger partial charge in [0.05, 0.1) is 37.0 Å². The normalized spacial score (nSPS) is 17.4. The summed E-state index contributed by atoms with van der Waals surface area (Å²) in [6.45, 7) is 2.75. The summed E-state index contributed by atoms with van der Waals surface area (Å²) >= 11 is 6.38. The van der Waals surface area contributed by atoms with Crippen molar-refractivity contribution < 1.29 is 27.7 Å². The van der Waals surface area contributed by atoms with Crippen LogP contribution in [0.1, 0.15) is 38.6 Å². The third-order valence-electron chi connectivity index (χ3n) is 7.28. The van der Waals surface area contributed by atoms with Gasteiger partial charge in [0.15, 0.2) is 12.4 Å². The second-order valence-corrected chi connectivity index (χ2v) is 10.8. The lowest BCUT2D eigenvalue weighted by molar-refractivity contribution is -0.181. The van der Waals surface area contributed by atoms with Gasteiger partial charge in [-0.3, -0.25) is 4.68 Å². The van der Waals surface area contributed by atoms with E-state index in [0.717, 1.165) is 36.8 Å². The summed E-state index contributed by atoms with van der Waals surface area (Å²) < 4.78 is 52.2. The van der Waals surface area contributed by atoms with Crippen molar-refractivity contribution >= 4 is 23.2 Å². The van der Waals surface area contributed by atoms with Gasteiger partial charge in [-0.15, -0.1) is 10.2 Å². The predicted octanol–water partition coefficient (Wildman–Crippen LogP) is 4.69. The van der Waals surface area contributed by atoms with E-state index in [0.29, 0.717) is 36.2 Å². The van der Waals surface area contributed by atoms with Crippen molar-refractivity contribution in [1.29, 1.82) is 0 Å². The molecule has 1 spiro atoms. The molecule has 1 aliphatic heterocycles. The van der Waals surface area contributed by atoms with Gasteiger partial charge in [-0.2, -0.15) is 0 Å². The maximum atomic E-state index is 13.0. The van der Waals surface area contributed by atoms with Crippen LogP contribution in [0, 0.1) is 0 Å². The lowest BCUT2D eigenvalue weighted by atomic mass is 9.90. The number of nitrogens with one attached hydrogen (secondary N) is 1. The molecule has 1 saturated heterocycles. The fourth-order valence-electron chi connectivity index (χ4n) is 5.21. The molecule has 1 N–H and O–H groups in total. The monoisotopic (exact) mass is 617 g/mol. The zero-order valence-corrected chi connectivity index (χ0v) is 24.0. The molecule has 0 unspecified atom stereocenters. The number of halogens is 3. The summed E-state index contributed by atoms with van der Waals surface area (Å²) in [4.78, 5) is 8.85. The molecular weight excluding hydrogens is 588 g/mol. The fraction of sp³-hybridized carbons (Fsp3) is 0.481. The van der Waals surface area contributed by atoms with Crippen LogP contribution < -0.4 is 14.8 Å². The van der Waals surface area contributed by atoms with Crippen molar-refractivity contribution in [2.75, 3.05) is 25.1 Å². The molecule has 2 fully saturated rings. The number of hydrogen-bond donors (Lipinski definition) is 1. The van der Waals surface area contributed by atoms with Crippen LogP contribution in [0.15, 0.2) is 43.1 Å². The number of hydrogen-bond acceptors (Lipinski definition) is 11. The first-order valence-corrected chi connectivity index (χ1v) is 14.3. The van der Waals surface area contributed by atoms with E-state index in [4.69, 9.17) is 30.5 Å². The van der Waals surface area contributed by atoms with Gasteiger partial charge in [0.2, 0.25) is 5.95 Å². The highest BCUT2D eigenvalue weighted by atomic mass is 35.5. The fourth-order valence-corrected chi connectivity index (χ4v) is 5.37. The molecule has 0 amide bonds. The first-order valence-electron chi connectivity index (χ1n) is 13.9. The van der Waals surface area contributed by atoms with Gasteiger partial charge >= 0.3 is 0 Å². The highest BCUT2D eigenvalue weighted by Gasteiger charge is 2.41. The summed E-state index contributed by atoms with van der Waals surface area (Å²) in [6, 6.07) is 5.42. The number of aromatic nitrogens is 8. The van der Waals surface area contributed by atoms with E-state index in [2.05, 4.69) is 35.9 Å². The van der Waals surface area contributed by atoms with E-state index in [9.17, 15) is 8.78 Å². The standard InChI is InChI=1S/C27H30ClF2N9O4/c1-17(13-38-16-33-36-37-38)43-23-10-18(2-3-21(23)28)19-11-31-26(32-12-19)34-22-14-39(35-25(22)40-15-24(29)30)20-4-6-27(7-5-20)41-8-9-42-27/h2-3,10-12,14,16-17,20,24H,4-9,13,15H2,1H3,(H,31,32,34)/t17-/m0/s1. The van der Waals surface area contributed by atoms with Crippen LogP contribution in [0.5, 0.6) is 11.6 Å². The van der Waals surface area contributed by atoms with E-state index in [1.807, 2.05) is 13.0 Å². The van der Waals surface area contributed by atoms with Gasteiger partial charge in [-0.25, -0.2) is 23.4 Å². The molecule has 4 heterocycles. The second-order valence-electron chi connectivity index (χ2n) is 10.4. The third-order valence-corrected chi connectivity index (χ3v) is 7.59. The number of tetrazole rings is 1. The largest absolute Gasteiger partial charge is 0.487 e. The van der Waals surface area contributed by atoms with Gasteiger partial charge in [-0.05, 0) is 47.9 Å². The molecule has 0 radical (unpaired) electrons. The molecule has 4 aromatic rings. The molecule has 2 aliphatic rings. The lowest BCUT2D eigenvalue weighted by Gasteiger charge is -2.35. The van der Waals surface area contributed by atoms with Crippen LogP contribution in [0.25, 0.3) is 11.1 Å². The first-order chi connectivity index (χ1) is 20.9. The molecule has 1 saturated carbocycles. The molecule has 6 rings (SSSR count). The lowest BCUT2D eigenvalue weighted by Crippen LogP contribution is -2.35. The van der Waals surface area contributed by atoms with Crippen molar-refractivity contribution in [1.82, 2.24) is 40.0 Å². The summed E-state index contributed by atoms with van der Waals surface area (Å²) in [6.07, 6.45) is 6.62. The number of alkyl halides is 2. The Morgan fingerprint density at radius 1 is 1.14 bits per heavy atom. The second kappa shape index (κ2) is 12.7. The number of ether oxygens (including phenoxy) is 4. The zero-order valence-electron chi connectivity index (χ0n) is 23.3. The molecule has 3 aromatic heterocycles.